The van der Waals surface area contributed by atoms with Crippen molar-refractivity contribution in [3.8, 4) is 0 Å². The molecule has 1 heterocycles. The molecule has 0 N–H and O–H groups in total. The first-order valence-corrected chi connectivity index (χ1v) is 7.19. The third-order valence-corrected chi connectivity index (χ3v) is 4.20. The highest BCUT2D eigenvalue weighted by molar-refractivity contribution is 8.10. The lowest BCUT2D eigenvalue weighted by Gasteiger charge is -2.38. The SMILES string of the molecule is CC(=O)O[C@@H]1[C@@H](OC(C)=O)[C@H](OC(C)=O)CS[C@H]1S. The van der Waals surface area contributed by atoms with E-state index in [2.05, 4.69) is 12.6 Å². The van der Waals surface area contributed by atoms with E-state index < -0.39 is 36.2 Å². The lowest BCUT2D eigenvalue weighted by Crippen LogP contribution is -2.52. The fourth-order valence-electron chi connectivity index (χ4n) is 1.72. The van der Waals surface area contributed by atoms with Crippen LogP contribution in [0.15, 0.2) is 0 Å². The third kappa shape index (κ3) is 4.94. The molecule has 1 fully saturated rings. The maximum Gasteiger partial charge on any atom is 0.303 e. The molecule has 6 nitrogen and oxygen atoms in total. The highest BCUT2D eigenvalue weighted by atomic mass is 32.2. The minimum atomic E-state index is -0.839. The summed E-state index contributed by atoms with van der Waals surface area (Å²) >= 11 is 5.67. The van der Waals surface area contributed by atoms with Crippen LogP contribution in [0.3, 0.4) is 0 Å². The maximum atomic E-state index is 11.1. The second-order valence-corrected chi connectivity index (χ2v) is 6.10. The maximum absolute atomic E-state index is 11.1. The molecule has 0 unspecified atom stereocenters. The van der Waals surface area contributed by atoms with Gasteiger partial charge in [-0.1, -0.05) is 0 Å². The lowest BCUT2D eigenvalue weighted by atomic mass is 10.1. The van der Waals surface area contributed by atoms with Gasteiger partial charge in [-0.15, -0.1) is 11.8 Å². The molecule has 0 aromatic rings. The van der Waals surface area contributed by atoms with E-state index in [1.165, 1.54) is 32.5 Å². The molecule has 0 saturated carbocycles. The topological polar surface area (TPSA) is 78.9 Å². The molecular formula is C11H16O6S2. The van der Waals surface area contributed by atoms with Gasteiger partial charge in [-0.3, -0.25) is 14.4 Å². The van der Waals surface area contributed by atoms with Gasteiger partial charge in [0.25, 0.3) is 0 Å². The van der Waals surface area contributed by atoms with Crippen LogP contribution in [-0.4, -0.2) is 46.6 Å². The van der Waals surface area contributed by atoms with Gasteiger partial charge in [-0.05, 0) is 0 Å². The predicted molar refractivity (Wildman–Crippen MR) is 71.9 cm³/mol. The molecule has 0 aromatic carbocycles. The number of carbonyl (C=O) groups is 3. The van der Waals surface area contributed by atoms with Crippen molar-refractivity contribution in [3.05, 3.63) is 0 Å². The van der Waals surface area contributed by atoms with Crippen LogP contribution in [-0.2, 0) is 28.6 Å². The van der Waals surface area contributed by atoms with Gasteiger partial charge in [0.1, 0.15) is 0 Å². The van der Waals surface area contributed by atoms with Crippen molar-refractivity contribution in [2.45, 2.75) is 43.7 Å². The zero-order valence-corrected chi connectivity index (χ0v) is 12.5. The molecule has 0 aromatic heterocycles. The Balaban J connectivity index is 2.89. The molecule has 1 aliphatic heterocycles. The average molecular weight is 308 g/mol. The minimum absolute atomic E-state index is 0.347. The molecule has 108 valence electrons. The number of rotatable bonds is 3. The Bertz CT molecular complexity index is 372. The zero-order chi connectivity index (χ0) is 14.6. The Kier molecular flexibility index (Phi) is 5.99. The summed E-state index contributed by atoms with van der Waals surface area (Å²) in [6.07, 6.45) is -2.25. The van der Waals surface area contributed by atoms with Crippen LogP contribution >= 0.6 is 24.4 Å². The van der Waals surface area contributed by atoms with E-state index in [1.54, 1.807) is 0 Å². The Hall–Kier alpha value is -0.890. The van der Waals surface area contributed by atoms with Crippen LogP contribution in [0.4, 0.5) is 0 Å². The molecule has 1 aliphatic rings. The molecular weight excluding hydrogens is 292 g/mol. The molecule has 1 rings (SSSR count). The monoisotopic (exact) mass is 308 g/mol. The highest BCUT2D eigenvalue weighted by Crippen LogP contribution is 2.34. The largest absolute Gasteiger partial charge is 0.458 e. The first kappa shape index (κ1) is 16.2. The van der Waals surface area contributed by atoms with Gasteiger partial charge >= 0.3 is 17.9 Å². The van der Waals surface area contributed by atoms with Crippen molar-refractivity contribution in [2.24, 2.45) is 0 Å². The smallest absolute Gasteiger partial charge is 0.303 e. The molecule has 0 amide bonds. The fraction of sp³-hybridized carbons (Fsp3) is 0.727. The van der Waals surface area contributed by atoms with Crippen molar-refractivity contribution < 1.29 is 28.6 Å². The summed E-state index contributed by atoms with van der Waals surface area (Å²) in [5, 5.41) is 0. The van der Waals surface area contributed by atoms with Gasteiger partial charge in [-0.2, -0.15) is 12.6 Å². The number of ether oxygens (including phenoxy) is 3. The van der Waals surface area contributed by atoms with Crippen molar-refractivity contribution in [1.82, 2.24) is 0 Å². The third-order valence-electron chi connectivity index (χ3n) is 2.32. The van der Waals surface area contributed by atoms with Gasteiger partial charge in [-0.25, -0.2) is 0 Å². The van der Waals surface area contributed by atoms with Gasteiger partial charge < -0.3 is 14.2 Å². The standard InChI is InChI=1S/C11H16O6S2/c1-5(12)15-8-4-19-11(18)10(17-7(3)14)9(8)16-6(2)13/h8-11,18H,4H2,1-3H3/t8-,9+,10-,11-/m1/s1. The van der Waals surface area contributed by atoms with Crippen LogP contribution in [0.25, 0.3) is 0 Å². The second-order valence-electron chi connectivity index (χ2n) is 4.02. The quantitative estimate of drug-likeness (QED) is 0.469. The second kappa shape index (κ2) is 7.04. The fourth-order valence-corrected chi connectivity index (χ4v) is 3.26. The Morgan fingerprint density at radius 3 is 1.89 bits per heavy atom. The van der Waals surface area contributed by atoms with E-state index in [-0.39, 0.29) is 4.58 Å². The van der Waals surface area contributed by atoms with E-state index in [1.807, 2.05) is 0 Å². The number of thioether (sulfide) groups is 1. The molecule has 0 spiro atoms. The average Bonchev–Trinajstić information content (AvgIpc) is 2.25. The number of esters is 3. The minimum Gasteiger partial charge on any atom is -0.458 e. The highest BCUT2D eigenvalue weighted by Gasteiger charge is 2.44. The van der Waals surface area contributed by atoms with Crippen molar-refractivity contribution in [2.75, 3.05) is 5.75 Å². The van der Waals surface area contributed by atoms with E-state index in [4.69, 9.17) is 14.2 Å². The molecule has 0 bridgehead atoms. The Labute approximate surface area is 120 Å². The summed E-state index contributed by atoms with van der Waals surface area (Å²) < 4.78 is 15.0. The summed E-state index contributed by atoms with van der Waals surface area (Å²) in [5.74, 6) is -1.11. The van der Waals surface area contributed by atoms with Crippen LogP contribution < -0.4 is 0 Å². The number of carbonyl (C=O) groups excluding carboxylic acids is 3. The summed E-state index contributed by atoms with van der Waals surface area (Å²) in [7, 11) is 0. The van der Waals surface area contributed by atoms with E-state index in [0.717, 1.165) is 0 Å². The number of thiol groups is 1. The first-order valence-electron chi connectivity index (χ1n) is 5.62. The predicted octanol–water partition coefficient (Wildman–Crippen LogP) is 0.784. The summed E-state index contributed by atoms with van der Waals surface area (Å²) in [4.78, 5) is 33.3. The molecule has 4 atom stereocenters. The van der Waals surface area contributed by atoms with E-state index >= 15 is 0 Å². The normalized spacial score (nSPS) is 30.3. The summed E-state index contributed by atoms with van der Waals surface area (Å²) in [6, 6.07) is 0. The van der Waals surface area contributed by atoms with Crippen LogP contribution in [0.2, 0.25) is 0 Å². The lowest BCUT2D eigenvalue weighted by molar-refractivity contribution is -0.180. The Morgan fingerprint density at radius 1 is 0.947 bits per heavy atom. The molecule has 19 heavy (non-hydrogen) atoms. The van der Waals surface area contributed by atoms with Crippen LogP contribution in [0, 0.1) is 0 Å². The summed E-state index contributed by atoms with van der Waals surface area (Å²) in [5.41, 5.74) is 0. The van der Waals surface area contributed by atoms with Gasteiger partial charge in [0.15, 0.2) is 18.3 Å². The van der Waals surface area contributed by atoms with Crippen molar-refractivity contribution in [1.29, 1.82) is 0 Å². The number of hydrogen-bond donors (Lipinski definition) is 1. The van der Waals surface area contributed by atoms with E-state index in [9.17, 15) is 14.4 Å². The molecule has 0 radical (unpaired) electrons. The molecule has 8 heteroatoms. The van der Waals surface area contributed by atoms with Crippen LogP contribution in [0.5, 0.6) is 0 Å². The van der Waals surface area contributed by atoms with Gasteiger partial charge in [0, 0.05) is 26.5 Å². The molecule has 0 aliphatic carbocycles. The van der Waals surface area contributed by atoms with Crippen molar-refractivity contribution >= 4 is 42.3 Å². The van der Waals surface area contributed by atoms with E-state index in [0.29, 0.717) is 5.75 Å². The van der Waals surface area contributed by atoms with Gasteiger partial charge in [0.05, 0.1) is 4.58 Å². The first-order chi connectivity index (χ1) is 8.81. The molecule has 1 saturated heterocycles. The summed E-state index contributed by atoms with van der Waals surface area (Å²) in [6.45, 7) is 3.76. The van der Waals surface area contributed by atoms with Gasteiger partial charge in [0.2, 0.25) is 0 Å². The Morgan fingerprint density at radius 2 is 1.42 bits per heavy atom. The van der Waals surface area contributed by atoms with Crippen molar-refractivity contribution in [3.63, 3.8) is 0 Å². The zero-order valence-electron chi connectivity index (χ0n) is 10.8. The van der Waals surface area contributed by atoms with Crippen LogP contribution in [0.1, 0.15) is 20.8 Å². The number of hydrogen-bond acceptors (Lipinski definition) is 8.